The second-order valence-electron chi connectivity index (χ2n) is 12.6. The number of benzene rings is 1. The molecule has 2 aliphatic carbocycles. The van der Waals surface area contributed by atoms with Gasteiger partial charge in [-0.2, -0.15) is 0 Å². The summed E-state index contributed by atoms with van der Waals surface area (Å²) in [5.41, 5.74) is 1.96. The number of hydrogen-bond acceptors (Lipinski definition) is 3. The van der Waals surface area contributed by atoms with Crippen molar-refractivity contribution in [3.05, 3.63) is 30.6 Å². The number of imidazole rings is 1. The Morgan fingerprint density at radius 1 is 0.944 bits per heavy atom. The van der Waals surface area contributed by atoms with Gasteiger partial charge in [0.05, 0.1) is 0 Å². The molecular formula is C31H47N2O3+. The molecule has 2 saturated carbocycles. The molecule has 1 heterocycles. The third kappa shape index (κ3) is 6.03. The molecule has 0 N–H and O–H groups in total. The van der Waals surface area contributed by atoms with Crippen molar-refractivity contribution in [1.29, 1.82) is 0 Å². The molecule has 0 saturated heterocycles. The van der Waals surface area contributed by atoms with E-state index in [0.29, 0.717) is 47.8 Å². The van der Waals surface area contributed by atoms with Gasteiger partial charge in [-0.15, -0.1) is 0 Å². The van der Waals surface area contributed by atoms with Crippen LogP contribution < -0.4 is 4.57 Å². The van der Waals surface area contributed by atoms with Crippen LogP contribution in [0.4, 0.5) is 0 Å². The lowest BCUT2D eigenvalue weighted by Gasteiger charge is -2.36. The molecule has 0 spiro atoms. The van der Waals surface area contributed by atoms with Gasteiger partial charge < -0.3 is 4.74 Å². The van der Waals surface area contributed by atoms with E-state index >= 15 is 0 Å². The predicted octanol–water partition coefficient (Wildman–Crippen LogP) is 6.21. The summed E-state index contributed by atoms with van der Waals surface area (Å²) in [5, 5.41) is 0. The lowest BCUT2D eigenvalue weighted by molar-refractivity contribution is -0.659. The molecule has 4 rings (SSSR count). The fraction of sp³-hybridized carbons (Fsp3) is 0.710. The maximum Gasteiger partial charge on any atom is 0.348 e. The number of esters is 1. The van der Waals surface area contributed by atoms with Crippen LogP contribution >= 0.6 is 0 Å². The van der Waals surface area contributed by atoms with Crippen LogP contribution in [-0.4, -0.2) is 22.4 Å². The van der Waals surface area contributed by atoms with E-state index in [1.807, 2.05) is 39.7 Å². The van der Waals surface area contributed by atoms with E-state index in [1.54, 1.807) is 0 Å². The minimum Gasteiger partial charge on any atom is -0.459 e. The summed E-state index contributed by atoms with van der Waals surface area (Å²) in [5.74, 6) is 3.38. The quantitative estimate of drug-likeness (QED) is 0.323. The Bertz CT molecular complexity index is 1060. The van der Waals surface area contributed by atoms with Crippen LogP contribution in [0, 0.1) is 41.4 Å². The summed E-state index contributed by atoms with van der Waals surface area (Å²) in [6.07, 6.45) is 8.59. The minimum absolute atomic E-state index is 0.00182. The summed E-state index contributed by atoms with van der Waals surface area (Å²) in [4.78, 5) is 26.7. The molecule has 0 radical (unpaired) electrons. The van der Waals surface area contributed by atoms with Gasteiger partial charge in [0.25, 0.3) is 0 Å². The van der Waals surface area contributed by atoms with E-state index in [9.17, 15) is 9.59 Å². The van der Waals surface area contributed by atoms with Gasteiger partial charge in [-0.25, -0.2) is 13.9 Å². The smallest absolute Gasteiger partial charge is 0.348 e. The molecule has 0 amide bonds. The van der Waals surface area contributed by atoms with Gasteiger partial charge in [-0.1, -0.05) is 66.5 Å². The molecule has 6 atom stereocenters. The number of para-hydroxylation sites is 2. The number of hydrogen-bond donors (Lipinski definition) is 0. The Morgan fingerprint density at radius 3 is 2.28 bits per heavy atom. The van der Waals surface area contributed by atoms with Gasteiger partial charge >= 0.3 is 5.97 Å². The molecule has 36 heavy (non-hydrogen) atoms. The topological polar surface area (TPSA) is 52.2 Å². The van der Waals surface area contributed by atoms with Crippen molar-refractivity contribution in [2.45, 2.75) is 99.3 Å². The summed E-state index contributed by atoms with van der Waals surface area (Å²) in [6, 6.07) is 8.07. The Labute approximate surface area is 217 Å². The molecule has 2 fully saturated rings. The number of rotatable bonds is 8. The summed E-state index contributed by atoms with van der Waals surface area (Å²) in [7, 11) is 0. The van der Waals surface area contributed by atoms with Crippen LogP contribution in [0.25, 0.3) is 11.0 Å². The normalized spacial score (nSPS) is 29.1. The first-order valence-electron chi connectivity index (χ1n) is 14.3. The minimum atomic E-state index is -0.181. The second-order valence-corrected chi connectivity index (χ2v) is 12.6. The number of Topliss-reactive ketones (excluding diaryl/α,β-unsaturated/α-hetero) is 1. The molecule has 2 aliphatic rings. The predicted molar refractivity (Wildman–Crippen MR) is 143 cm³/mol. The first-order valence-corrected chi connectivity index (χ1v) is 14.3. The maximum atomic E-state index is 13.6. The third-order valence-electron chi connectivity index (χ3n) is 9.08. The maximum absolute atomic E-state index is 13.6. The standard InChI is InChI=1S/C31H47N2O3/c1-20(2)24-13-11-22(5)15-26(24)29(34)17-32-19-33(28-10-8-7-9-27(28)32)18-31(35)36-30-16-23(6)12-14-25(30)21(3)4/h7-10,19-26,30H,11-18H2,1-6H3/q+1. The van der Waals surface area contributed by atoms with Crippen LogP contribution in [0.3, 0.4) is 0 Å². The molecular weight excluding hydrogens is 448 g/mol. The molecule has 5 nitrogen and oxygen atoms in total. The lowest BCUT2D eigenvalue weighted by atomic mass is 9.68. The largest absolute Gasteiger partial charge is 0.459 e. The fourth-order valence-electron chi connectivity index (χ4n) is 6.95. The zero-order valence-electron chi connectivity index (χ0n) is 23.3. The average molecular weight is 496 g/mol. The molecule has 1 aromatic carbocycles. The van der Waals surface area contributed by atoms with Gasteiger partial charge in [0.15, 0.2) is 23.4 Å². The van der Waals surface area contributed by atoms with Crippen molar-refractivity contribution >= 4 is 22.8 Å². The van der Waals surface area contributed by atoms with Crippen LogP contribution in [0.5, 0.6) is 0 Å². The number of carbonyl (C=O) groups is 2. The van der Waals surface area contributed by atoms with Crippen molar-refractivity contribution in [2.75, 3.05) is 0 Å². The number of fused-ring (bicyclic) bond motifs is 1. The third-order valence-corrected chi connectivity index (χ3v) is 9.08. The molecule has 5 heteroatoms. The molecule has 0 aliphatic heterocycles. The average Bonchev–Trinajstić information content (AvgIpc) is 3.15. The van der Waals surface area contributed by atoms with E-state index < -0.39 is 0 Å². The van der Waals surface area contributed by atoms with E-state index in [1.165, 1.54) is 12.8 Å². The van der Waals surface area contributed by atoms with Gasteiger partial charge in [-0.05, 0) is 73.3 Å². The summed E-state index contributed by atoms with van der Waals surface area (Å²) in [6.45, 7) is 14.0. The van der Waals surface area contributed by atoms with Crippen molar-refractivity contribution in [2.24, 2.45) is 41.4 Å². The first-order chi connectivity index (χ1) is 17.1. The number of nitrogens with zero attached hydrogens (tertiary/aromatic N) is 2. The van der Waals surface area contributed by atoms with Crippen LogP contribution in [0.15, 0.2) is 30.6 Å². The number of ether oxygens (including phenoxy) is 1. The van der Waals surface area contributed by atoms with E-state index in [4.69, 9.17) is 4.74 Å². The van der Waals surface area contributed by atoms with Crippen molar-refractivity contribution in [1.82, 2.24) is 4.57 Å². The summed E-state index contributed by atoms with van der Waals surface area (Å²) < 4.78 is 10.1. The zero-order valence-corrected chi connectivity index (χ0v) is 23.3. The molecule has 6 unspecified atom stereocenters. The zero-order chi connectivity index (χ0) is 26.0. The first kappa shape index (κ1) is 26.9. The highest BCUT2D eigenvalue weighted by Crippen LogP contribution is 2.39. The van der Waals surface area contributed by atoms with E-state index in [0.717, 1.165) is 36.7 Å². The SMILES string of the molecule is CC1CCC(C(C)C)C(OC(=O)Cn2c[n+](CC(=O)C3CC(C)CCC3C(C)C)c3ccccc32)C1. The number of aromatic nitrogens is 2. The van der Waals surface area contributed by atoms with Crippen molar-refractivity contribution < 1.29 is 18.9 Å². The highest BCUT2D eigenvalue weighted by atomic mass is 16.5. The number of carbonyl (C=O) groups excluding carboxylic acids is 2. The van der Waals surface area contributed by atoms with E-state index in [2.05, 4.69) is 41.5 Å². The Morgan fingerprint density at radius 2 is 1.58 bits per heavy atom. The number of ketones is 1. The van der Waals surface area contributed by atoms with E-state index in [-0.39, 0.29) is 24.5 Å². The van der Waals surface area contributed by atoms with Crippen molar-refractivity contribution in [3.8, 4) is 0 Å². The summed E-state index contributed by atoms with van der Waals surface area (Å²) >= 11 is 0. The Balaban J connectivity index is 1.50. The second kappa shape index (κ2) is 11.5. The van der Waals surface area contributed by atoms with Crippen LogP contribution in [0.1, 0.15) is 80.1 Å². The van der Waals surface area contributed by atoms with Gasteiger partial charge in [0.2, 0.25) is 6.33 Å². The highest BCUT2D eigenvalue weighted by molar-refractivity contribution is 5.81. The Hall–Kier alpha value is -2.17. The van der Waals surface area contributed by atoms with Crippen LogP contribution in [0.2, 0.25) is 0 Å². The van der Waals surface area contributed by atoms with Gasteiger partial charge in [0, 0.05) is 5.92 Å². The lowest BCUT2D eigenvalue weighted by Crippen LogP contribution is -2.43. The highest BCUT2D eigenvalue weighted by Gasteiger charge is 2.37. The monoisotopic (exact) mass is 495 g/mol. The Kier molecular flexibility index (Phi) is 8.57. The fourth-order valence-corrected chi connectivity index (χ4v) is 6.95. The molecule has 0 bridgehead atoms. The van der Waals surface area contributed by atoms with Gasteiger partial charge in [0.1, 0.15) is 12.6 Å². The molecule has 1 aromatic heterocycles. The van der Waals surface area contributed by atoms with Crippen LogP contribution in [-0.2, 0) is 27.4 Å². The molecule has 2 aromatic rings. The van der Waals surface area contributed by atoms with Crippen molar-refractivity contribution in [3.63, 3.8) is 0 Å². The molecule has 198 valence electrons. The van der Waals surface area contributed by atoms with Gasteiger partial charge in [-0.3, -0.25) is 4.79 Å².